The van der Waals surface area contributed by atoms with Crippen LogP contribution in [0.3, 0.4) is 0 Å². The second-order valence-corrected chi connectivity index (χ2v) is 8.61. The van der Waals surface area contributed by atoms with Gasteiger partial charge in [0.2, 0.25) is 5.95 Å². The zero-order valence-corrected chi connectivity index (χ0v) is 18.7. The molecule has 170 valence electrons. The Kier molecular flexibility index (Phi) is 6.11. The quantitative estimate of drug-likeness (QED) is 0.538. The fourth-order valence-corrected chi connectivity index (χ4v) is 4.58. The van der Waals surface area contributed by atoms with Gasteiger partial charge in [-0.05, 0) is 55.9 Å². The molecule has 0 bridgehead atoms. The van der Waals surface area contributed by atoms with Gasteiger partial charge in [0, 0.05) is 5.70 Å². The number of ether oxygens (including phenoxy) is 2. The summed E-state index contributed by atoms with van der Waals surface area (Å²) in [6.45, 7) is 2.36. The molecule has 1 aliphatic heterocycles. The smallest absolute Gasteiger partial charge is 0.338 e. The van der Waals surface area contributed by atoms with E-state index in [4.69, 9.17) is 9.47 Å². The van der Waals surface area contributed by atoms with Crippen molar-refractivity contribution in [1.82, 2.24) is 14.8 Å². The Hall–Kier alpha value is -3.61. The zero-order chi connectivity index (χ0) is 22.6. The van der Waals surface area contributed by atoms with E-state index in [-0.39, 0.29) is 12.1 Å². The molecule has 2 aromatic carbocycles. The molecule has 1 fully saturated rings. The van der Waals surface area contributed by atoms with Gasteiger partial charge in [-0.2, -0.15) is 10.1 Å². The molecule has 1 aromatic heterocycles. The first-order valence-corrected chi connectivity index (χ1v) is 11.5. The maximum absolute atomic E-state index is 13.4. The Labute approximate surface area is 193 Å². The van der Waals surface area contributed by atoms with E-state index in [2.05, 4.69) is 15.4 Å². The topological polar surface area (TPSA) is 78.3 Å². The minimum atomic E-state index is -0.444. The molecule has 0 saturated heterocycles. The van der Waals surface area contributed by atoms with E-state index in [1.807, 2.05) is 61.5 Å². The number of carbonyl (C=O) groups is 1. The average molecular weight is 445 g/mol. The Morgan fingerprint density at radius 1 is 1.09 bits per heavy atom. The summed E-state index contributed by atoms with van der Waals surface area (Å²) in [5.74, 6) is 1.03. The number of fused-ring (bicyclic) bond motifs is 1. The van der Waals surface area contributed by atoms with Crippen LogP contribution in [0.15, 0.2) is 72.2 Å². The molecule has 1 saturated carbocycles. The summed E-state index contributed by atoms with van der Waals surface area (Å²) in [5, 5.41) is 7.62. The minimum absolute atomic E-state index is 0.0233. The molecule has 5 rings (SSSR count). The number of hydrogen-bond acceptors (Lipinski definition) is 6. The van der Waals surface area contributed by atoms with Gasteiger partial charge in [0.15, 0.2) is 0 Å². The highest BCUT2D eigenvalue weighted by Gasteiger charge is 2.35. The molecule has 7 heteroatoms. The predicted molar refractivity (Wildman–Crippen MR) is 125 cm³/mol. The third-order valence-electron chi connectivity index (χ3n) is 6.26. The number of nitrogens with zero attached hydrogens (tertiary/aromatic N) is 3. The van der Waals surface area contributed by atoms with Crippen molar-refractivity contribution in [2.75, 3.05) is 5.32 Å². The van der Waals surface area contributed by atoms with Gasteiger partial charge >= 0.3 is 5.97 Å². The summed E-state index contributed by atoms with van der Waals surface area (Å²) in [4.78, 5) is 17.7. The number of aromatic nitrogens is 3. The Balaban J connectivity index is 1.43. The lowest BCUT2D eigenvalue weighted by molar-refractivity contribution is -0.146. The number of anilines is 1. The summed E-state index contributed by atoms with van der Waals surface area (Å²) < 4.78 is 13.7. The van der Waals surface area contributed by atoms with Crippen molar-refractivity contribution in [3.05, 3.63) is 83.3 Å². The summed E-state index contributed by atoms with van der Waals surface area (Å²) in [7, 11) is 0. The molecule has 0 radical (unpaired) electrons. The Bertz CT molecular complexity index is 1150. The van der Waals surface area contributed by atoms with Crippen molar-refractivity contribution >= 4 is 11.9 Å². The maximum Gasteiger partial charge on any atom is 0.338 e. The van der Waals surface area contributed by atoms with Crippen molar-refractivity contribution in [2.24, 2.45) is 0 Å². The second kappa shape index (κ2) is 9.48. The van der Waals surface area contributed by atoms with E-state index in [9.17, 15) is 4.79 Å². The molecule has 1 aliphatic carbocycles. The van der Waals surface area contributed by atoms with Crippen LogP contribution in [0.2, 0.25) is 0 Å². The lowest BCUT2D eigenvalue weighted by Crippen LogP contribution is -2.32. The van der Waals surface area contributed by atoms with Gasteiger partial charge in [0.05, 0.1) is 5.57 Å². The molecular weight excluding hydrogens is 416 g/mol. The molecule has 1 unspecified atom stereocenters. The fourth-order valence-electron chi connectivity index (χ4n) is 4.58. The molecule has 1 N–H and O–H groups in total. The number of esters is 1. The Morgan fingerprint density at radius 2 is 1.91 bits per heavy atom. The summed E-state index contributed by atoms with van der Waals surface area (Å²) in [5.41, 5.74) is 3.27. The van der Waals surface area contributed by atoms with Crippen LogP contribution in [0, 0.1) is 0 Å². The number of hydrogen-bond donors (Lipinski definition) is 1. The van der Waals surface area contributed by atoms with Gasteiger partial charge in [0.1, 0.15) is 30.8 Å². The monoisotopic (exact) mass is 444 g/mol. The van der Waals surface area contributed by atoms with Crippen molar-refractivity contribution in [3.63, 3.8) is 0 Å². The molecule has 0 amide bonds. The zero-order valence-electron chi connectivity index (χ0n) is 18.7. The molecule has 2 aliphatic rings. The van der Waals surface area contributed by atoms with E-state index < -0.39 is 6.04 Å². The molecule has 33 heavy (non-hydrogen) atoms. The van der Waals surface area contributed by atoms with Crippen LogP contribution in [0.4, 0.5) is 5.95 Å². The Morgan fingerprint density at radius 3 is 2.73 bits per heavy atom. The number of nitrogens with one attached hydrogen (secondary N) is 1. The normalized spacial score (nSPS) is 18.4. The van der Waals surface area contributed by atoms with Crippen molar-refractivity contribution in [2.45, 2.75) is 57.8 Å². The highest BCUT2D eigenvalue weighted by Crippen LogP contribution is 2.37. The van der Waals surface area contributed by atoms with Gasteiger partial charge in [-0.25, -0.2) is 9.48 Å². The van der Waals surface area contributed by atoms with Crippen LogP contribution in [0.25, 0.3) is 0 Å². The van der Waals surface area contributed by atoms with Gasteiger partial charge in [-0.15, -0.1) is 0 Å². The average Bonchev–Trinajstić information content (AvgIpc) is 3.31. The number of allylic oxidation sites excluding steroid dienone is 1. The third-order valence-corrected chi connectivity index (χ3v) is 6.26. The first-order chi connectivity index (χ1) is 16.2. The molecule has 1 atom stereocenters. The predicted octanol–water partition coefficient (Wildman–Crippen LogP) is 5.02. The van der Waals surface area contributed by atoms with Crippen LogP contribution in [0.5, 0.6) is 5.75 Å². The van der Waals surface area contributed by atoms with Gasteiger partial charge in [-0.1, -0.05) is 48.9 Å². The summed E-state index contributed by atoms with van der Waals surface area (Å²) in [6.07, 6.45) is 6.73. The molecular formula is C26H28N4O3. The van der Waals surface area contributed by atoms with Crippen LogP contribution >= 0.6 is 0 Å². The molecule has 2 heterocycles. The SMILES string of the molecule is CC1=C(C(=O)OC2CCCCC2)C(c2cccc(OCc3ccccc3)c2)n2ncnc2N1. The van der Waals surface area contributed by atoms with Gasteiger partial charge in [-0.3, -0.25) is 0 Å². The van der Waals surface area contributed by atoms with E-state index in [1.165, 1.54) is 12.7 Å². The fraction of sp³-hybridized carbons (Fsp3) is 0.346. The van der Waals surface area contributed by atoms with Crippen molar-refractivity contribution in [1.29, 1.82) is 0 Å². The van der Waals surface area contributed by atoms with Crippen molar-refractivity contribution < 1.29 is 14.3 Å². The third kappa shape index (κ3) is 4.62. The first-order valence-electron chi connectivity index (χ1n) is 11.5. The van der Waals surface area contributed by atoms with Crippen LogP contribution in [-0.4, -0.2) is 26.8 Å². The maximum atomic E-state index is 13.4. The van der Waals surface area contributed by atoms with Crippen molar-refractivity contribution in [3.8, 4) is 5.75 Å². The lowest BCUT2D eigenvalue weighted by atomic mass is 9.94. The van der Waals surface area contributed by atoms with E-state index in [1.54, 1.807) is 4.68 Å². The standard InChI is InChI=1S/C26H28N4O3/c1-18-23(25(31)33-21-12-6-3-7-13-21)24(30-26(29-18)27-17-28-30)20-11-8-14-22(15-20)32-16-19-9-4-2-5-10-19/h2,4-5,8-11,14-15,17,21,24H,3,6-7,12-13,16H2,1H3,(H,27,28,29). The largest absolute Gasteiger partial charge is 0.489 e. The molecule has 0 spiro atoms. The summed E-state index contributed by atoms with van der Waals surface area (Å²) >= 11 is 0. The van der Waals surface area contributed by atoms with E-state index in [0.29, 0.717) is 18.1 Å². The highest BCUT2D eigenvalue weighted by atomic mass is 16.5. The van der Waals surface area contributed by atoms with E-state index in [0.717, 1.165) is 48.3 Å². The highest BCUT2D eigenvalue weighted by molar-refractivity contribution is 5.92. The number of benzene rings is 2. The van der Waals surface area contributed by atoms with Gasteiger partial charge in [0.25, 0.3) is 0 Å². The molecule has 7 nitrogen and oxygen atoms in total. The van der Waals surface area contributed by atoms with Crippen LogP contribution in [0.1, 0.15) is 56.2 Å². The van der Waals surface area contributed by atoms with Gasteiger partial charge < -0.3 is 14.8 Å². The molecule has 3 aromatic rings. The van der Waals surface area contributed by atoms with Crippen LogP contribution in [-0.2, 0) is 16.1 Å². The minimum Gasteiger partial charge on any atom is -0.489 e. The number of carbonyl (C=O) groups excluding carboxylic acids is 1. The first kappa shape index (κ1) is 21.2. The second-order valence-electron chi connectivity index (χ2n) is 8.61. The lowest BCUT2D eigenvalue weighted by Gasteiger charge is -2.30. The summed E-state index contributed by atoms with van der Waals surface area (Å²) in [6, 6.07) is 17.4. The number of rotatable bonds is 6. The van der Waals surface area contributed by atoms with E-state index >= 15 is 0 Å². The van der Waals surface area contributed by atoms with Crippen LogP contribution < -0.4 is 10.1 Å².